The topological polar surface area (TPSA) is 69.8 Å². The van der Waals surface area contributed by atoms with Crippen LogP contribution in [0, 0.1) is 0 Å². The second-order valence-electron chi connectivity index (χ2n) is 7.90. The molecule has 0 amide bonds. The first-order valence-electron chi connectivity index (χ1n) is 9.28. The lowest BCUT2D eigenvalue weighted by molar-refractivity contribution is 0.133. The number of fused-ring (bicyclic) bond motifs is 1. The van der Waals surface area contributed by atoms with E-state index in [4.69, 9.17) is 21.3 Å². The summed E-state index contributed by atoms with van der Waals surface area (Å²) in [5.74, 6) is 2.19. The van der Waals surface area contributed by atoms with Crippen LogP contribution in [0.5, 0.6) is 5.75 Å². The van der Waals surface area contributed by atoms with Crippen molar-refractivity contribution >= 4 is 34.3 Å². The Labute approximate surface area is 174 Å². The maximum atomic E-state index is 6.15. The van der Waals surface area contributed by atoms with E-state index in [9.17, 15) is 0 Å². The minimum absolute atomic E-state index is 0.340. The third-order valence-corrected chi connectivity index (χ3v) is 4.57. The van der Waals surface area contributed by atoms with Crippen LogP contribution < -0.4 is 10.1 Å². The third kappa shape index (κ3) is 4.05. The van der Waals surface area contributed by atoms with E-state index >= 15 is 0 Å². The fourth-order valence-electron chi connectivity index (χ4n) is 3.07. The van der Waals surface area contributed by atoms with Crippen LogP contribution in [0.3, 0.4) is 0 Å². The highest BCUT2D eigenvalue weighted by Gasteiger charge is 2.18. The van der Waals surface area contributed by atoms with E-state index in [1.807, 2.05) is 71.3 Å². The number of pyridine rings is 1. The van der Waals surface area contributed by atoms with Gasteiger partial charge in [-0.3, -0.25) is 9.36 Å². The predicted molar refractivity (Wildman–Crippen MR) is 116 cm³/mol. The van der Waals surface area contributed by atoms with Crippen molar-refractivity contribution in [3.63, 3.8) is 0 Å². The number of ether oxygens (including phenoxy) is 1. The lowest BCUT2D eigenvalue weighted by Crippen LogP contribution is -2.23. The first-order valence-corrected chi connectivity index (χ1v) is 9.66. The molecule has 0 unspecified atom stereocenters. The molecule has 0 aliphatic rings. The molecule has 29 heavy (non-hydrogen) atoms. The number of aryl methyl sites for hydroxylation is 2. The van der Waals surface area contributed by atoms with Gasteiger partial charge in [0.1, 0.15) is 23.0 Å². The molecule has 0 spiro atoms. The summed E-state index contributed by atoms with van der Waals surface area (Å²) in [6, 6.07) is 11.5. The Morgan fingerprint density at radius 3 is 2.59 bits per heavy atom. The lowest BCUT2D eigenvalue weighted by Gasteiger charge is -2.22. The van der Waals surface area contributed by atoms with Crippen molar-refractivity contribution in [2.45, 2.75) is 26.4 Å². The van der Waals surface area contributed by atoms with E-state index in [1.165, 1.54) is 0 Å². The molecular formula is C21H23ClN6O. The van der Waals surface area contributed by atoms with Crippen LogP contribution in [0.25, 0.3) is 22.3 Å². The maximum Gasteiger partial charge on any atom is 0.163 e. The summed E-state index contributed by atoms with van der Waals surface area (Å²) in [6.45, 7) is 6.04. The zero-order valence-electron chi connectivity index (χ0n) is 17.1. The number of anilines is 2. The summed E-state index contributed by atoms with van der Waals surface area (Å²) in [5, 5.41) is 13.8. The molecule has 0 saturated carbocycles. The van der Waals surface area contributed by atoms with Gasteiger partial charge < -0.3 is 10.1 Å². The van der Waals surface area contributed by atoms with Gasteiger partial charge >= 0.3 is 0 Å². The number of nitrogens with zero attached hydrogens (tertiary/aromatic N) is 5. The van der Waals surface area contributed by atoms with Crippen molar-refractivity contribution in [2.75, 3.05) is 5.32 Å². The van der Waals surface area contributed by atoms with Crippen LogP contribution in [0.15, 0.2) is 42.6 Å². The van der Waals surface area contributed by atoms with Gasteiger partial charge in [0.15, 0.2) is 5.65 Å². The number of hydrogen-bond acceptors (Lipinski definition) is 5. The zero-order chi connectivity index (χ0) is 20.8. The van der Waals surface area contributed by atoms with Gasteiger partial charge in [-0.25, -0.2) is 4.98 Å². The van der Waals surface area contributed by atoms with Gasteiger partial charge in [0.2, 0.25) is 0 Å². The lowest BCUT2D eigenvalue weighted by atomic mass is 10.1. The molecule has 7 nitrogen and oxygen atoms in total. The Balaban J connectivity index is 1.72. The molecule has 3 heterocycles. The molecule has 0 fully saturated rings. The van der Waals surface area contributed by atoms with Crippen molar-refractivity contribution in [1.29, 1.82) is 0 Å². The first kappa shape index (κ1) is 19.3. The number of aromatic nitrogens is 5. The Kier molecular flexibility index (Phi) is 4.70. The Morgan fingerprint density at radius 1 is 1.07 bits per heavy atom. The molecule has 1 N–H and O–H groups in total. The van der Waals surface area contributed by atoms with Gasteiger partial charge in [0, 0.05) is 36.8 Å². The minimum Gasteiger partial charge on any atom is -0.487 e. The average Bonchev–Trinajstić information content (AvgIpc) is 3.18. The van der Waals surface area contributed by atoms with E-state index < -0.39 is 0 Å². The van der Waals surface area contributed by atoms with Gasteiger partial charge in [-0.2, -0.15) is 10.2 Å². The van der Waals surface area contributed by atoms with Gasteiger partial charge in [0.25, 0.3) is 0 Å². The quantitative estimate of drug-likeness (QED) is 0.515. The smallest absolute Gasteiger partial charge is 0.163 e. The van der Waals surface area contributed by atoms with Crippen molar-refractivity contribution < 1.29 is 4.74 Å². The molecule has 0 saturated heterocycles. The number of halogens is 1. The molecule has 8 heteroatoms. The SMILES string of the molecule is Cn1nc(-c2cccc(Cl)c2)cc1Nc1cc(OC(C)(C)C)c2cnn(C)c2n1. The molecular weight excluding hydrogens is 388 g/mol. The molecule has 4 rings (SSSR count). The normalized spacial score (nSPS) is 11.8. The molecule has 0 aliphatic carbocycles. The number of hydrogen-bond donors (Lipinski definition) is 1. The molecule has 0 atom stereocenters. The van der Waals surface area contributed by atoms with Crippen molar-refractivity contribution in [3.8, 4) is 17.0 Å². The monoisotopic (exact) mass is 410 g/mol. The van der Waals surface area contributed by atoms with E-state index in [2.05, 4.69) is 15.5 Å². The fourth-order valence-corrected chi connectivity index (χ4v) is 3.26. The fraction of sp³-hybridized carbons (Fsp3) is 0.286. The van der Waals surface area contributed by atoms with Crippen LogP contribution in [0.2, 0.25) is 5.02 Å². The van der Waals surface area contributed by atoms with Crippen molar-refractivity contribution in [3.05, 3.63) is 47.6 Å². The largest absolute Gasteiger partial charge is 0.487 e. The molecule has 4 aromatic rings. The van der Waals surface area contributed by atoms with Crippen LogP contribution in [0.4, 0.5) is 11.6 Å². The first-order chi connectivity index (χ1) is 13.7. The summed E-state index contributed by atoms with van der Waals surface area (Å²) >= 11 is 6.12. The van der Waals surface area contributed by atoms with Gasteiger partial charge in [-0.1, -0.05) is 23.7 Å². The van der Waals surface area contributed by atoms with Crippen LogP contribution in [-0.4, -0.2) is 30.1 Å². The predicted octanol–water partition coefficient (Wildman–Crippen LogP) is 4.94. The zero-order valence-corrected chi connectivity index (χ0v) is 17.8. The number of benzene rings is 1. The van der Waals surface area contributed by atoms with Crippen LogP contribution in [0.1, 0.15) is 20.8 Å². The Morgan fingerprint density at radius 2 is 1.86 bits per heavy atom. The maximum absolute atomic E-state index is 6.15. The van der Waals surface area contributed by atoms with E-state index in [1.54, 1.807) is 15.6 Å². The highest BCUT2D eigenvalue weighted by Crippen LogP contribution is 2.32. The van der Waals surface area contributed by atoms with Crippen molar-refractivity contribution in [1.82, 2.24) is 24.5 Å². The molecule has 0 bridgehead atoms. The van der Waals surface area contributed by atoms with E-state index in [-0.39, 0.29) is 5.60 Å². The summed E-state index contributed by atoms with van der Waals surface area (Å²) in [6.07, 6.45) is 1.77. The number of nitrogens with one attached hydrogen (secondary N) is 1. The molecule has 150 valence electrons. The minimum atomic E-state index is -0.340. The second kappa shape index (κ2) is 7.08. The van der Waals surface area contributed by atoms with E-state index in [0.717, 1.165) is 33.9 Å². The third-order valence-electron chi connectivity index (χ3n) is 4.34. The highest BCUT2D eigenvalue weighted by atomic mass is 35.5. The molecule has 3 aromatic heterocycles. The molecule has 0 radical (unpaired) electrons. The summed E-state index contributed by atoms with van der Waals surface area (Å²) in [7, 11) is 3.74. The summed E-state index contributed by atoms with van der Waals surface area (Å²) < 4.78 is 9.66. The molecule has 0 aliphatic heterocycles. The van der Waals surface area contributed by atoms with Crippen molar-refractivity contribution in [2.24, 2.45) is 14.1 Å². The van der Waals surface area contributed by atoms with Crippen LogP contribution >= 0.6 is 11.6 Å². The second-order valence-corrected chi connectivity index (χ2v) is 8.34. The van der Waals surface area contributed by atoms with Gasteiger partial charge in [-0.15, -0.1) is 0 Å². The van der Waals surface area contributed by atoms with Gasteiger partial charge in [-0.05, 0) is 32.9 Å². The van der Waals surface area contributed by atoms with Crippen LogP contribution in [-0.2, 0) is 14.1 Å². The summed E-state index contributed by atoms with van der Waals surface area (Å²) in [4.78, 5) is 4.71. The summed E-state index contributed by atoms with van der Waals surface area (Å²) in [5.41, 5.74) is 2.18. The van der Waals surface area contributed by atoms with Gasteiger partial charge in [0.05, 0.1) is 17.3 Å². The Hall–Kier alpha value is -3.06. The molecule has 1 aromatic carbocycles. The number of rotatable bonds is 4. The Bertz CT molecular complexity index is 1190. The standard InChI is InChI=1S/C21H23ClN6O/c1-21(2,3)29-17-11-18(25-20-15(17)12-23-28(20)5)24-19-10-16(26-27(19)4)13-7-6-8-14(22)9-13/h6-12H,1-5H3,(H,24,25). The van der Waals surface area contributed by atoms with E-state index in [0.29, 0.717) is 10.8 Å². The average molecular weight is 411 g/mol. The highest BCUT2D eigenvalue weighted by molar-refractivity contribution is 6.30.